The van der Waals surface area contributed by atoms with Crippen molar-refractivity contribution in [1.29, 1.82) is 0 Å². The van der Waals surface area contributed by atoms with E-state index in [1.54, 1.807) is 18.6 Å². The van der Waals surface area contributed by atoms with E-state index in [9.17, 15) is 0 Å². The Bertz CT molecular complexity index is 488. The zero-order valence-electron chi connectivity index (χ0n) is 10.1. The number of hydrogen-bond donors (Lipinski definition) is 1. The molecule has 2 aromatic rings. The van der Waals surface area contributed by atoms with Gasteiger partial charge in [-0.3, -0.25) is 4.98 Å². The van der Waals surface area contributed by atoms with Gasteiger partial charge in [-0.2, -0.15) is 4.98 Å². The zero-order valence-corrected chi connectivity index (χ0v) is 10.1. The summed E-state index contributed by atoms with van der Waals surface area (Å²) >= 11 is 0. The van der Waals surface area contributed by atoms with Crippen molar-refractivity contribution < 1.29 is 4.52 Å². The first-order chi connectivity index (χ1) is 7.98. The molecule has 6 nitrogen and oxygen atoms in total. The van der Waals surface area contributed by atoms with E-state index in [2.05, 4.69) is 20.1 Å². The number of rotatable bonds is 2. The summed E-state index contributed by atoms with van der Waals surface area (Å²) < 4.78 is 5.15. The Morgan fingerprint density at radius 2 is 2.06 bits per heavy atom. The van der Waals surface area contributed by atoms with E-state index in [1.807, 2.05) is 20.8 Å². The smallest absolute Gasteiger partial charge is 0.244 e. The number of aromatic nitrogens is 4. The Hall–Kier alpha value is -1.82. The summed E-state index contributed by atoms with van der Waals surface area (Å²) in [5, 5.41) is 3.85. The molecule has 2 rings (SSSR count). The molecule has 0 unspecified atom stereocenters. The Morgan fingerprint density at radius 1 is 1.29 bits per heavy atom. The minimum atomic E-state index is -0.305. The number of hydrogen-bond acceptors (Lipinski definition) is 6. The normalized spacial score (nSPS) is 13.6. The fourth-order valence-corrected chi connectivity index (χ4v) is 1.25. The molecule has 0 saturated heterocycles. The van der Waals surface area contributed by atoms with Gasteiger partial charge in [-0.15, -0.1) is 0 Å². The van der Waals surface area contributed by atoms with Gasteiger partial charge in [0.15, 0.2) is 0 Å². The number of nitrogens with two attached hydrogens (primary N) is 1. The first-order valence-electron chi connectivity index (χ1n) is 5.34. The van der Waals surface area contributed by atoms with Crippen molar-refractivity contribution in [2.24, 2.45) is 11.1 Å². The highest BCUT2D eigenvalue weighted by Crippen LogP contribution is 2.29. The maximum atomic E-state index is 6.03. The Kier molecular flexibility index (Phi) is 2.89. The molecule has 2 aromatic heterocycles. The Morgan fingerprint density at radius 3 is 2.65 bits per heavy atom. The molecule has 0 fully saturated rings. The van der Waals surface area contributed by atoms with Crippen LogP contribution < -0.4 is 5.73 Å². The first kappa shape index (κ1) is 11.7. The molecule has 1 atom stereocenters. The predicted molar refractivity (Wildman–Crippen MR) is 61.7 cm³/mol. The lowest BCUT2D eigenvalue weighted by molar-refractivity contribution is 0.253. The largest absolute Gasteiger partial charge is 0.337 e. The molecular formula is C11H15N5O. The van der Waals surface area contributed by atoms with Gasteiger partial charge in [-0.05, 0) is 5.41 Å². The second kappa shape index (κ2) is 4.21. The second-order valence-corrected chi connectivity index (χ2v) is 4.89. The molecule has 0 bridgehead atoms. The molecule has 0 radical (unpaired) electrons. The van der Waals surface area contributed by atoms with Gasteiger partial charge < -0.3 is 10.3 Å². The van der Waals surface area contributed by atoms with Crippen molar-refractivity contribution >= 4 is 0 Å². The fourth-order valence-electron chi connectivity index (χ4n) is 1.25. The highest BCUT2D eigenvalue weighted by Gasteiger charge is 2.27. The highest BCUT2D eigenvalue weighted by atomic mass is 16.5. The minimum absolute atomic E-state index is 0.133. The van der Waals surface area contributed by atoms with Crippen LogP contribution >= 0.6 is 0 Å². The molecule has 90 valence electrons. The molecule has 2 heterocycles. The van der Waals surface area contributed by atoms with Crippen molar-refractivity contribution in [3.63, 3.8) is 0 Å². The zero-order chi connectivity index (χ0) is 12.5. The van der Waals surface area contributed by atoms with Crippen LogP contribution in [0.25, 0.3) is 11.5 Å². The van der Waals surface area contributed by atoms with Gasteiger partial charge >= 0.3 is 0 Å². The Balaban J connectivity index is 2.28. The van der Waals surface area contributed by atoms with Gasteiger partial charge in [-0.1, -0.05) is 25.9 Å². The third-order valence-electron chi connectivity index (χ3n) is 2.43. The summed E-state index contributed by atoms with van der Waals surface area (Å²) in [4.78, 5) is 12.3. The van der Waals surface area contributed by atoms with E-state index in [0.29, 0.717) is 17.4 Å². The van der Waals surface area contributed by atoms with Crippen molar-refractivity contribution in [1.82, 2.24) is 20.1 Å². The summed E-state index contributed by atoms with van der Waals surface area (Å²) in [7, 11) is 0. The average Bonchev–Trinajstić information content (AvgIpc) is 2.77. The van der Waals surface area contributed by atoms with E-state index in [4.69, 9.17) is 10.3 Å². The molecule has 0 aliphatic rings. The van der Waals surface area contributed by atoms with Crippen molar-refractivity contribution in [3.05, 3.63) is 24.5 Å². The molecule has 0 saturated carbocycles. The van der Waals surface area contributed by atoms with Gasteiger partial charge in [0.1, 0.15) is 5.69 Å². The SMILES string of the molecule is CC(C)(C)[C@@H](N)c1nc(-c2cnccn2)no1. The standard InChI is InChI=1S/C11H15N5O/c1-11(2,3)8(12)10-15-9(16-17-10)7-6-13-4-5-14-7/h4-6,8H,12H2,1-3H3/t8-/m0/s1. The van der Waals surface area contributed by atoms with Crippen molar-refractivity contribution in [3.8, 4) is 11.5 Å². The predicted octanol–water partition coefficient (Wildman–Crippen LogP) is 1.57. The van der Waals surface area contributed by atoms with E-state index >= 15 is 0 Å². The summed E-state index contributed by atoms with van der Waals surface area (Å²) in [5.41, 5.74) is 6.47. The lowest BCUT2D eigenvalue weighted by atomic mass is 9.87. The summed E-state index contributed by atoms with van der Waals surface area (Å²) in [6.45, 7) is 6.05. The Labute approximate surface area is 99.3 Å². The molecule has 0 aliphatic heterocycles. The van der Waals surface area contributed by atoms with Gasteiger partial charge in [-0.25, -0.2) is 4.98 Å². The molecule has 0 aromatic carbocycles. The van der Waals surface area contributed by atoms with Crippen LogP contribution in [0.15, 0.2) is 23.1 Å². The fraction of sp³-hybridized carbons (Fsp3) is 0.455. The third kappa shape index (κ3) is 2.47. The van der Waals surface area contributed by atoms with Crippen molar-refractivity contribution in [2.75, 3.05) is 0 Å². The third-order valence-corrected chi connectivity index (χ3v) is 2.43. The van der Waals surface area contributed by atoms with Crippen molar-refractivity contribution in [2.45, 2.75) is 26.8 Å². The van der Waals surface area contributed by atoms with Gasteiger partial charge in [0, 0.05) is 12.4 Å². The summed E-state index contributed by atoms with van der Waals surface area (Å²) in [5.74, 6) is 0.825. The van der Waals surface area contributed by atoms with Gasteiger partial charge in [0.05, 0.1) is 12.2 Å². The first-order valence-corrected chi connectivity index (χ1v) is 5.34. The van der Waals surface area contributed by atoms with Crippen LogP contribution in [0.1, 0.15) is 32.7 Å². The molecular weight excluding hydrogens is 218 g/mol. The summed E-state index contributed by atoms with van der Waals surface area (Å²) in [6.07, 6.45) is 4.75. The topological polar surface area (TPSA) is 90.7 Å². The van der Waals surface area contributed by atoms with Crippen LogP contribution in [-0.2, 0) is 0 Å². The number of nitrogens with zero attached hydrogens (tertiary/aromatic N) is 4. The van der Waals surface area contributed by atoms with Crippen LogP contribution in [0.5, 0.6) is 0 Å². The van der Waals surface area contributed by atoms with E-state index in [0.717, 1.165) is 0 Å². The van der Waals surface area contributed by atoms with Crippen LogP contribution in [0.4, 0.5) is 0 Å². The molecule has 0 spiro atoms. The summed E-state index contributed by atoms with van der Waals surface area (Å²) in [6, 6.07) is -0.305. The van der Waals surface area contributed by atoms with Crippen LogP contribution in [0.2, 0.25) is 0 Å². The van der Waals surface area contributed by atoms with E-state index in [1.165, 1.54) is 0 Å². The lowest BCUT2D eigenvalue weighted by Gasteiger charge is -2.23. The average molecular weight is 233 g/mol. The molecule has 17 heavy (non-hydrogen) atoms. The molecule has 0 aliphatic carbocycles. The van der Waals surface area contributed by atoms with E-state index < -0.39 is 0 Å². The van der Waals surface area contributed by atoms with E-state index in [-0.39, 0.29) is 11.5 Å². The maximum Gasteiger partial charge on any atom is 0.244 e. The molecule has 6 heteroatoms. The van der Waals surface area contributed by atoms with Gasteiger partial charge in [0.25, 0.3) is 0 Å². The second-order valence-electron chi connectivity index (χ2n) is 4.89. The van der Waals surface area contributed by atoms with Crippen LogP contribution in [0, 0.1) is 5.41 Å². The highest BCUT2D eigenvalue weighted by molar-refractivity contribution is 5.45. The lowest BCUT2D eigenvalue weighted by Crippen LogP contribution is -2.26. The van der Waals surface area contributed by atoms with Crippen LogP contribution in [-0.4, -0.2) is 20.1 Å². The monoisotopic (exact) mass is 233 g/mol. The maximum absolute atomic E-state index is 6.03. The van der Waals surface area contributed by atoms with Crippen LogP contribution in [0.3, 0.4) is 0 Å². The van der Waals surface area contributed by atoms with Gasteiger partial charge in [0.2, 0.25) is 11.7 Å². The quantitative estimate of drug-likeness (QED) is 0.846. The molecule has 0 amide bonds. The minimum Gasteiger partial charge on any atom is -0.337 e. The molecule has 2 N–H and O–H groups in total.